The highest BCUT2D eigenvalue weighted by Gasteiger charge is 2.36. The van der Waals surface area contributed by atoms with Gasteiger partial charge in [-0.15, -0.1) is 5.10 Å². The average molecular weight is 423 g/mol. The van der Waals surface area contributed by atoms with Gasteiger partial charge in [-0.05, 0) is 62.8 Å². The molecule has 0 aliphatic heterocycles. The van der Waals surface area contributed by atoms with E-state index < -0.39 is 11.6 Å². The first-order chi connectivity index (χ1) is 14.2. The average Bonchev–Trinajstić information content (AvgIpc) is 3.20. The molecule has 2 amide bonds. The maximum Gasteiger partial charge on any atom is 0.280 e. The Hall–Kier alpha value is -3.06. The minimum Gasteiger partial charge on any atom is -0.349 e. The van der Waals surface area contributed by atoms with E-state index in [1.807, 2.05) is 83.1 Å². The summed E-state index contributed by atoms with van der Waals surface area (Å²) in [6.07, 6.45) is 0. The highest BCUT2D eigenvalue weighted by Crippen LogP contribution is 2.34. The number of hydrogen-bond acceptors (Lipinski definition) is 5. The van der Waals surface area contributed by atoms with Crippen LogP contribution in [0.25, 0.3) is 0 Å². The molecule has 0 bridgehead atoms. The van der Waals surface area contributed by atoms with Crippen LogP contribution in [0.3, 0.4) is 0 Å². The SMILES string of the molecule is Cc1cccc(C)c1N(C(=O)c1csnn1)[C@@H](C(=O)NC(C)(C)C)c1ccccc1. The number of amides is 2. The molecule has 3 rings (SSSR count). The van der Waals surface area contributed by atoms with Gasteiger partial charge in [-0.2, -0.15) is 0 Å². The van der Waals surface area contributed by atoms with Crippen molar-refractivity contribution in [2.45, 2.75) is 46.2 Å². The smallest absolute Gasteiger partial charge is 0.280 e. The van der Waals surface area contributed by atoms with Crippen molar-refractivity contribution in [1.29, 1.82) is 0 Å². The number of rotatable bonds is 5. The van der Waals surface area contributed by atoms with Gasteiger partial charge < -0.3 is 5.32 Å². The number of benzene rings is 2. The van der Waals surface area contributed by atoms with Crippen molar-refractivity contribution in [3.8, 4) is 0 Å². The van der Waals surface area contributed by atoms with Crippen molar-refractivity contribution in [3.05, 3.63) is 76.3 Å². The molecule has 30 heavy (non-hydrogen) atoms. The standard InChI is InChI=1S/C23H26N4O2S/c1-15-10-9-11-16(2)19(15)27(22(29)18-14-30-26-25-18)20(17-12-7-6-8-13-17)21(28)24-23(3,4)5/h6-14,20H,1-5H3,(H,24,28)/t20-/m1/s1. The molecule has 0 spiro atoms. The molecule has 0 saturated heterocycles. The second-order valence-electron chi connectivity index (χ2n) is 8.26. The number of hydrogen-bond donors (Lipinski definition) is 1. The fourth-order valence-corrected chi connectivity index (χ4v) is 3.84. The summed E-state index contributed by atoms with van der Waals surface area (Å²) in [5, 5.41) is 8.62. The van der Waals surface area contributed by atoms with Crippen molar-refractivity contribution in [3.63, 3.8) is 0 Å². The summed E-state index contributed by atoms with van der Waals surface area (Å²) < 4.78 is 3.84. The van der Waals surface area contributed by atoms with Crippen molar-refractivity contribution in [1.82, 2.24) is 14.9 Å². The number of nitrogens with one attached hydrogen (secondary N) is 1. The van der Waals surface area contributed by atoms with Gasteiger partial charge in [0.05, 0.1) is 5.69 Å². The van der Waals surface area contributed by atoms with E-state index in [0.29, 0.717) is 5.69 Å². The summed E-state index contributed by atoms with van der Waals surface area (Å²) in [6.45, 7) is 9.63. The molecule has 6 nitrogen and oxygen atoms in total. The first-order valence-corrected chi connectivity index (χ1v) is 10.6. The molecule has 0 unspecified atom stereocenters. The Kier molecular flexibility index (Phi) is 6.31. The van der Waals surface area contributed by atoms with E-state index in [1.165, 1.54) is 0 Å². The maximum absolute atomic E-state index is 13.6. The quantitative estimate of drug-likeness (QED) is 0.659. The summed E-state index contributed by atoms with van der Waals surface area (Å²) in [7, 11) is 0. The molecule has 7 heteroatoms. The number of aromatic nitrogens is 2. The molecule has 0 fully saturated rings. The van der Waals surface area contributed by atoms with E-state index in [4.69, 9.17) is 0 Å². The third-order valence-corrected chi connectivity index (χ3v) is 5.10. The minimum absolute atomic E-state index is 0.215. The van der Waals surface area contributed by atoms with Crippen LogP contribution < -0.4 is 10.2 Å². The maximum atomic E-state index is 13.6. The molecule has 1 heterocycles. The zero-order chi connectivity index (χ0) is 21.9. The van der Waals surface area contributed by atoms with Crippen LogP contribution in [0.2, 0.25) is 0 Å². The lowest BCUT2D eigenvalue weighted by Crippen LogP contribution is -2.50. The summed E-state index contributed by atoms with van der Waals surface area (Å²) in [4.78, 5) is 28.7. The monoisotopic (exact) mass is 422 g/mol. The molecule has 1 aromatic heterocycles. The van der Waals surface area contributed by atoms with Gasteiger partial charge >= 0.3 is 0 Å². The Balaban J connectivity index is 2.23. The first-order valence-electron chi connectivity index (χ1n) is 9.73. The van der Waals surface area contributed by atoms with Crippen molar-refractivity contribution >= 4 is 29.0 Å². The van der Waals surface area contributed by atoms with E-state index in [0.717, 1.165) is 28.2 Å². The highest BCUT2D eigenvalue weighted by atomic mass is 32.1. The first kappa shape index (κ1) is 21.6. The number of nitrogens with zero attached hydrogens (tertiary/aromatic N) is 3. The largest absolute Gasteiger partial charge is 0.349 e. The fraction of sp³-hybridized carbons (Fsp3) is 0.304. The number of carbonyl (C=O) groups excluding carboxylic acids is 2. The van der Waals surface area contributed by atoms with Crippen LogP contribution in [-0.2, 0) is 4.79 Å². The van der Waals surface area contributed by atoms with Gasteiger partial charge in [0.15, 0.2) is 5.69 Å². The molecular formula is C23H26N4O2S. The second kappa shape index (κ2) is 8.75. The molecule has 3 aromatic rings. The normalized spacial score (nSPS) is 12.3. The van der Waals surface area contributed by atoms with E-state index in [9.17, 15) is 9.59 Å². The third-order valence-electron chi connectivity index (χ3n) is 4.60. The van der Waals surface area contributed by atoms with Crippen LogP contribution >= 0.6 is 11.5 Å². The Bertz CT molecular complexity index is 1010. The molecular weight excluding hydrogens is 396 g/mol. The van der Waals surface area contributed by atoms with E-state index in [2.05, 4.69) is 14.9 Å². The Morgan fingerprint density at radius 2 is 1.63 bits per heavy atom. The van der Waals surface area contributed by atoms with Gasteiger partial charge in [-0.25, -0.2) is 0 Å². The minimum atomic E-state index is -0.862. The molecule has 0 aliphatic carbocycles. The molecule has 2 aromatic carbocycles. The topological polar surface area (TPSA) is 75.2 Å². The van der Waals surface area contributed by atoms with Gasteiger partial charge in [-0.1, -0.05) is 53.0 Å². The summed E-state index contributed by atoms with van der Waals surface area (Å²) in [6, 6.07) is 14.3. The molecule has 0 aliphatic rings. The number of para-hydroxylation sites is 1. The zero-order valence-corrected chi connectivity index (χ0v) is 18.7. The van der Waals surface area contributed by atoms with Gasteiger partial charge in [0.2, 0.25) is 5.91 Å². The number of carbonyl (C=O) groups is 2. The van der Waals surface area contributed by atoms with Crippen LogP contribution in [-0.4, -0.2) is 26.9 Å². The van der Waals surface area contributed by atoms with Gasteiger partial charge in [0, 0.05) is 10.9 Å². The molecule has 0 radical (unpaired) electrons. The lowest BCUT2D eigenvalue weighted by molar-refractivity contribution is -0.123. The predicted molar refractivity (Wildman–Crippen MR) is 120 cm³/mol. The van der Waals surface area contributed by atoms with Crippen LogP contribution in [0.5, 0.6) is 0 Å². The van der Waals surface area contributed by atoms with Crippen molar-refractivity contribution in [2.75, 3.05) is 4.90 Å². The lowest BCUT2D eigenvalue weighted by atomic mass is 9.98. The Labute approximate surface area is 181 Å². The summed E-state index contributed by atoms with van der Waals surface area (Å²) in [5.74, 6) is -0.619. The van der Waals surface area contributed by atoms with Crippen molar-refractivity contribution in [2.24, 2.45) is 0 Å². The Morgan fingerprint density at radius 1 is 1.00 bits per heavy atom. The summed E-state index contributed by atoms with van der Waals surface area (Å²) >= 11 is 1.11. The number of aryl methyl sites for hydroxylation is 2. The van der Waals surface area contributed by atoms with Crippen LogP contribution in [0, 0.1) is 13.8 Å². The van der Waals surface area contributed by atoms with Crippen LogP contribution in [0.1, 0.15) is 54.0 Å². The third kappa shape index (κ3) is 4.74. The van der Waals surface area contributed by atoms with Crippen molar-refractivity contribution < 1.29 is 9.59 Å². The molecule has 1 atom stereocenters. The molecule has 0 saturated carbocycles. The predicted octanol–water partition coefficient (Wildman–Crippen LogP) is 4.46. The van der Waals surface area contributed by atoms with Crippen LogP contribution in [0.15, 0.2) is 53.9 Å². The van der Waals surface area contributed by atoms with Gasteiger partial charge in [0.25, 0.3) is 5.91 Å². The summed E-state index contributed by atoms with van der Waals surface area (Å²) in [5.41, 5.74) is 2.98. The van der Waals surface area contributed by atoms with Crippen LogP contribution in [0.4, 0.5) is 5.69 Å². The molecule has 156 valence electrons. The van der Waals surface area contributed by atoms with Gasteiger partial charge in [0.1, 0.15) is 6.04 Å². The van der Waals surface area contributed by atoms with E-state index in [1.54, 1.807) is 10.3 Å². The lowest BCUT2D eigenvalue weighted by Gasteiger charge is -2.35. The zero-order valence-electron chi connectivity index (χ0n) is 17.8. The van der Waals surface area contributed by atoms with E-state index >= 15 is 0 Å². The van der Waals surface area contributed by atoms with Gasteiger partial charge in [-0.3, -0.25) is 14.5 Å². The second-order valence-corrected chi connectivity index (χ2v) is 8.87. The fourth-order valence-electron chi connectivity index (χ4n) is 3.41. The molecule has 1 N–H and O–H groups in total. The Morgan fingerprint density at radius 3 is 2.17 bits per heavy atom. The highest BCUT2D eigenvalue weighted by molar-refractivity contribution is 7.03. The number of anilines is 1. The van der Waals surface area contributed by atoms with E-state index in [-0.39, 0.29) is 17.5 Å².